The number of anilines is 1. The van der Waals surface area contributed by atoms with E-state index in [9.17, 15) is 9.59 Å². The summed E-state index contributed by atoms with van der Waals surface area (Å²) in [4.78, 5) is 30.3. The minimum absolute atomic E-state index is 0.0463. The largest absolute Gasteiger partial charge is 0.356 e. The number of carbonyl (C=O) groups excluding carboxylic acids is 1. The quantitative estimate of drug-likeness (QED) is 0.779. The van der Waals surface area contributed by atoms with Gasteiger partial charge in [-0.2, -0.15) is 4.98 Å². The summed E-state index contributed by atoms with van der Waals surface area (Å²) in [6.07, 6.45) is 1.36. The van der Waals surface area contributed by atoms with Crippen LogP contribution in [0.5, 0.6) is 0 Å². The number of rotatable bonds is 3. The van der Waals surface area contributed by atoms with Crippen LogP contribution in [0.1, 0.15) is 12.5 Å². The summed E-state index contributed by atoms with van der Waals surface area (Å²) >= 11 is 0. The highest BCUT2D eigenvalue weighted by Crippen LogP contribution is 2.10. The maximum Gasteiger partial charge on any atom is 0.356 e. The molecule has 0 saturated carbocycles. The van der Waals surface area contributed by atoms with Crippen LogP contribution in [0.3, 0.4) is 0 Å². The number of para-hydroxylation sites is 1. The molecule has 2 rings (SSSR count). The molecule has 0 aliphatic rings. The van der Waals surface area contributed by atoms with E-state index in [1.807, 2.05) is 25.1 Å². The zero-order valence-corrected chi connectivity index (χ0v) is 10.5. The van der Waals surface area contributed by atoms with Gasteiger partial charge in [0.25, 0.3) is 0 Å². The monoisotopic (exact) mass is 259 g/mol. The Balaban J connectivity index is 2.33. The van der Waals surface area contributed by atoms with Crippen molar-refractivity contribution in [3.05, 3.63) is 46.6 Å². The fourth-order valence-corrected chi connectivity index (χ4v) is 1.54. The van der Waals surface area contributed by atoms with E-state index in [-0.39, 0.29) is 11.9 Å². The third-order valence-electron chi connectivity index (χ3n) is 2.43. The molecule has 7 nitrogen and oxygen atoms in total. The third-order valence-corrected chi connectivity index (χ3v) is 2.43. The topological polar surface area (TPSA) is 88.9 Å². The lowest BCUT2D eigenvalue weighted by atomic mass is 10.2. The van der Waals surface area contributed by atoms with Crippen LogP contribution in [0, 0.1) is 6.92 Å². The molecule has 0 aliphatic heterocycles. The summed E-state index contributed by atoms with van der Waals surface area (Å²) < 4.78 is 1.34. The number of nitrogens with zero attached hydrogens (tertiary/aromatic N) is 3. The Morgan fingerprint density at radius 1 is 1.32 bits per heavy atom. The maximum atomic E-state index is 11.9. The molecular weight excluding hydrogens is 246 g/mol. The SMILES string of the molecule is CC(=O)NNc1ncn(-c2ccccc2C)c(=O)n1. The van der Waals surface area contributed by atoms with Gasteiger partial charge in [-0.05, 0) is 18.6 Å². The molecule has 1 heterocycles. The molecule has 98 valence electrons. The van der Waals surface area contributed by atoms with Gasteiger partial charge in [-0.15, -0.1) is 0 Å². The standard InChI is InChI=1S/C12H13N5O2/c1-8-5-3-4-6-10(8)17-7-13-11(14-12(17)19)16-15-9(2)18/h3-7H,1-2H3,(H,15,18)(H,14,16,19). The second-order valence-electron chi connectivity index (χ2n) is 3.93. The lowest BCUT2D eigenvalue weighted by Gasteiger charge is -2.09. The highest BCUT2D eigenvalue weighted by molar-refractivity contribution is 5.73. The molecule has 0 saturated heterocycles. The van der Waals surface area contributed by atoms with E-state index in [0.717, 1.165) is 11.3 Å². The van der Waals surface area contributed by atoms with Crippen molar-refractivity contribution in [3.63, 3.8) is 0 Å². The van der Waals surface area contributed by atoms with Gasteiger partial charge in [0.15, 0.2) is 0 Å². The van der Waals surface area contributed by atoms with Crippen molar-refractivity contribution < 1.29 is 4.79 Å². The Morgan fingerprint density at radius 3 is 2.68 bits per heavy atom. The Bertz CT molecular complexity index is 665. The smallest absolute Gasteiger partial charge is 0.274 e. The number of benzene rings is 1. The van der Waals surface area contributed by atoms with Crippen LogP contribution in [0.25, 0.3) is 5.69 Å². The first-order valence-electron chi connectivity index (χ1n) is 5.62. The number of carbonyl (C=O) groups is 1. The molecule has 1 aromatic carbocycles. The first-order valence-corrected chi connectivity index (χ1v) is 5.62. The number of hydrogen-bond acceptors (Lipinski definition) is 5. The highest BCUT2D eigenvalue weighted by atomic mass is 16.2. The zero-order chi connectivity index (χ0) is 13.8. The average molecular weight is 259 g/mol. The van der Waals surface area contributed by atoms with E-state index < -0.39 is 5.69 Å². The fraction of sp³-hybridized carbons (Fsp3) is 0.167. The van der Waals surface area contributed by atoms with Gasteiger partial charge < -0.3 is 0 Å². The predicted molar refractivity (Wildman–Crippen MR) is 69.8 cm³/mol. The van der Waals surface area contributed by atoms with E-state index >= 15 is 0 Å². The van der Waals surface area contributed by atoms with Crippen molar-refractivity contribution in [2.24, 2.45) is 0 Å². The van der Waals surface area contributed by atoms with Gasteiger partial charge in [0.1, 0.15) is 6.33 Å². The minimum atomic E-state index is -0.475. The van der Waals surface area contributed by atoms with E-state index in [0.29, 0.717) is 0 Å². The van der Waals surface area contributed by atoms with Crippen molar-refractivity contribution in [1.29, 1.82) is 0 Å². The summed E-state index contributed by atoms with van der Waals surface area (Å²) in [7, 11) is 0. The molecular formula is C12H13N5O2. The second kappa shape index (κ2) is 5.30. The summed E-state index contributed by atoms with van der Waals surface area (Å²) in [6.45, 7) is 3.23. The Kier molecular flexibility index (Phi) is 3.56. The number of aryl methyl sites for hydroxylation is 1. The number of aromatic nitrogens is 3. The summed E-state index contributed by atoms with van der Waals surface area (Å²) in [5.74, 6) is -0.253. The van der Waals surface area contributed by atoms with Crippen LogP contribution in [-0.2, 0) is 4.79 Å². The first-order chi connectivity index (χ1) is 9.08. The number of amides is 1. The molecule has 0 radical (unpaired) electrons. The first kappa shape index (κ1) is 12.7. The van der Waals surface area contributed by atoms with Crippen LogP contribution in [0.4, 0.5) is 5.95 Å². The molecule has 0 bridgehead atoms. The van der Waals surface area contributed by atoms with Crippen LogP contribution < -0.4 is 16.5 Å². The minimum Gasteiger partial charge on any atom is -0.274 e. The lowest BCUT2D eigenvalue weighted by molar-refractivity contribution is -0.118. The normalized spacial score (nSPS) is 10.0. The van der Waals surface area contributed by atoms with Gasteiger partial charge in [0, 0.05) is 6.92 Å². The third kappa shape index (κ3) is 2.95. The van der Waals surface area contributed by atoms with Gasteiger partial charge in [0.05, 0.1) is 5.69 Å². The van der Waals surface area contributed by atoms with Gasteiger partial charge in [-0.1, -0.05) is 18.2 Å². The molecule has 0 atom stereocenters. The molecule has 7 heteroatoms. The van der Waals surface area contributed by atoms with Crippen molar-refractivity contribution in [2.75, 3.05) is 5.43 Å². The number of hydrogen-bond donors (Lipinski definition) is 2. The Labute approximate surface area is 109 Å². The van der Waals surface area contributed by atoms with Crippen LogP contribution in [-0.4, -0.2) is 20.4 Å². The molecule has 0 fully saturated rings. The molecule has 0 aliphatic carbocycles. The summed E-state index contributed by atoms with van der Waals surface area (Å²) in [6, 6.07) is 7.42. The Hall–Kier alpha value is -2.70. The lowest BCUT2D eigenvalue weighted by Crippen LogP contribution is -2.31. The van der Waals surface area contributed by atoms with Crippen molar-refractivity contribution in [2.45, 2.75) is 13.8 Å². The van der Waals surface area contributed by atoms with E-state index in [4.69, 9.17) is 0 Å². The molecule has 1 amide bonds. The Morgan fingerprint density at radius 2 is 2.05 bits per heavy atom. The molecule has 1 aromatic heterocycles. The summed E-state index contributed by atoms with van der Waals surface area (Å²) in [5.41, 5.74) is 5.93. The van der Waals surface area contributed by atoms with Crippen molar-refractivity contribution >= 4 is 11.9 Å². The molecule has 0 unspecified atom stereocenters. The number of nitrogens with one attached hydrogen (secondary N) is 2. The summed E-state index contributed by atoms with van der Waals surface area (Å²) in [5, 5.41) is 0. The molecule has 2 N–H and O–H groups in total. The van der Waals surface area contributed by atoms with Gasteiger partial charge in [-0.25, -0.2) is 9.78 Å². The van der Waals surface area contributed by atoms with Gasteiger partial charge in [0.2, 0.25) is 11.9 Å². The van der Waals surface area contributed by atoms with Crippen LogP contribution in [0.15, 0.2) is 35.4 Å². The van der Waals surface area contributed by atoms with E-state index in [1.165, 1.54) is 17.8 Å². The highest BCUT2D eigenvalue weighted by Gasteiger charge is 2.05. The van der Waals surface area contributed by atoms with E-state index in [2.05, 4.69) is 20.8 Å². The van der Waals surface area contributed by atoms with Crippen LogP contribution in [0.2, 0.25) is 0 Å². The average Bonchev–Trinajstić information content (AvgIpc) is 2.38. The van der Waals surface area contributed by atoms with Crippen molar-refractivity contribution in [1.82, 2.24) is 20.0 Å². The zero-order valence-electron chi connectivity index (χ0n) is 10.5. The molecule has 2 aromatic rings. The number of hydrazine groups is 1. The predicted octanol–water partition coefficient (Wildman–Crippen LogP) is 0.399. The van der Waals surface area contributed by atoms with Crippen LogP contribution >= 0.6 is 0 Å². The van der Waals surface area contributed by atoms with Crippen molar-refractivity contribution in [3.8, 4) is 5.69 Å². The van der Waals surface area contributed by atoms with Gasteiger partial charge >= 0.3 is 5.69 Å². The molecule has 0 spiro atoms. The maximum absolute atomic E-state index is 11.9. The van der Waals surface area contributed by atoms with Gasteiger partial charge in [-0.3, -0.25) is 20.2 Å². The second-order valence-corrected chi connectivity index (χ2v) is 3.93. The fourth-order valence-electron chi connectivity index (χ4n) is 1.54. The molecule has 19 heavy (non-hydrogen) atoms. The van der Waals surface area contributed by atoms with E-state index in [1.54, 1.807) is 6.07 Å².